The quantitative estimate of drug-likeness (QED) is 0.0782. The Hall–Kier alpha value is -3.63. The minimum absolute atomic E-state index is 0.111. The summed E-state index contributed by atoms with van der Waals surface area (Å²) in [5, 5.41) is 10.2. The lowest BCUT2D eigenvalue weighted by Gasteiger charge is -2.17. The van der Waals surface area contributed by atoms with E-state index in [0.717, 1.165) is 83.1 Å². The number of hydrogen-bond donors (Lipinski definition) is 3. The van der Waals surface area contributed by atoms with E-state index in [2.05, 4.69) is 27.0 Å². The van der Waals surface area contributed by atoms with E-state index >= 15 is 0 Å². The number of carbonyl (C=O) groups excluding carboxylic acids is 2. The van der Waals surface area contributed by atoms with Crippen molar-refractivity contribution in [1.82, 2.24) is 24.7 Å². The van der Waals surface area contributed by atoms with Crippen LogP contribution in [0.3, 0.4) is 0 Å². The molecule has 2 aromatic carbocycles. The summed E-state index contributed by atoms with van der Waals surface area (Å²) in [5.74, 6) is -0.351. The van der Waals surface area contributed by atoms with Crippen LogP contribution in [0.1, 0.15) is 68.7 Å². The summed E-state index contributed by atoms with van der Waals surface area (Å²) >= 11 is 28.5. The third-order valence-corrected chi connectivity index (χ3v) is 15.5. The van der Waals surface area contributed by atoms with Crippen molar-refractivity contribution in [3.8, 4) is 32.5 Å². The van der Waals surface area contributed by atoms with Gasteiger partial charge in [0.05, 0.1) is 53.7 Å². The molecule has 0 saturated heterocycles. The zero-order valence-electron chi connectivity index (χ0n) is 32.5. The van der Waals surface area contributed by atoms with E-state index in [4.69, 9.17) is 46.4 Å². The van der Waals surface area contributed by atoms with Crippen LogP contribution in [-0.2, 0) is 35.8 Å². The molecule has 8 rings (SSSR count). The number of halogens is 4. The number of nitrogens with one attached hydrogen (secondary N) is 2. The molecule has 0 unspecified atom stereocenters. The van der Waals surface area contributed by atoms with Crippen LogP contribution in [0, 0.1) is 0 Å². The van der Waals surface area contributed by atoms with Crippen LogP contribution < -0.4 is 10.6 Å². The van der Waals surface area contributed by atoms with Gasteiger partial charge in [0.1, 0.15) is 4.21 Å². The highest BCUT2D eigenvalue weighted by Gasteiger charge is 2.31. The smallest absolute Gasteiger partial charge is 0.304 e. The lowest BCUT2D eigenvalue weighted by Crippen LogP contribution is -2.31. The average Bonchev–Trinajstić information content (AvgIpc) is 3.96. The van der Waals surface area contributed by atoms with Gasteiger partial charge in [-0.05, 0) is 148 Å². The molecular formula is C43H41Cl4N5O5S3. The molecule has 10 nitrogen and oxygen atoms in total. The first-order valence-corrected chi connectivity index (χ1v) is 24.2. The summed E-state index contributed by atoms with van der Waals surface area (Å²) < 4.78 is 37.8. The Morgan fingerprint density at radius 2 is 1.25 bits per heavy atom. The lowest BCUT2D eigenvalue weighted by atomic mass is 10.1. The maximum absolute atomic E-state index is 13.8. The number of thiophene rings is 2. The molecule has 0 atom stereocenters. The summed E-state index contributed by atoms with van der Waals surface area (Å²) in [6.07, 6.45) is 9.66. The van der Waals surface area contributed by atoms with E-state index in [9.17, 15) is 22.6 Å². The molecule has 0 fully saturated rings. The third-order valence-electron chi connectivity index (χ3n) is 11.0. The molecule has 60 heavy (non-hydrogen) atoms. The van der Waals surface area contributed by atoms with E-state index in [0.29, 0.717) is 86.2 Å². The Morgan fingerprint density at radius 1 is 0.733 bits per heavy atom. The van der Waals surface area contributed by atoms with Gasteiger partial charge in [0.25, 0.3) is 11.8 Å². The zero-order chi connectivity index (χ0) is 42.3. The maximum atomic E-state index is 13.8. The fraction of sp³-hybridized carbons (Fsp3) is 0.302. The van der Waals surface area contributed by atoms with E-state index in [1.807, 2.05) is 34.5 Å². The molecule has 314 valence electrons. The van der Waals surface area contributed by atoms with Crippen molar-refractivity contribution in [2.75, 3.05) is 33.2 Å². The Balaban J connectivity index is 0.890. The number of benzene rings is 2. The van der Waals surface area contributed by atoms with Crippen LogP contribution in [0.2, 0.25) is 20.1 Å². The minimum atomic E-state index is -4.42. The van der Waals surface area contributed by atoms with Crippen LogP contribution >= 0.6 is 69.1 Å². The predicted molar refractivity (Wildman–Crippen MR) is 243 cm³/mol. The molecule has 6 aromatic rings. The Kier molecular flexibility index (Phi) is 12.9. The van der Waals surface area contributed by atoms with Crippen molar-refractivity contribution < 1.29 is 22.6 Å². The summed E-state index contributed by atoms with van der Waals surface area (Å²) in [4.78, 5) is 31.6. The van der Waals surface area contributed by atoms with Gasteiger partial charge >= 0.3 is 10.1 Å². The van der Waals surface area contributed by atoms with E-state index in [1.54, 1.807) is 41.8 Å². The third kappa shape index (κ3) is 8.84. The molecular weight excluding hydrogens is 905 g/mol. The topological polar surface area (TPSA) is 126 Å². The second-order valence-corrected chi connectivity index (χ2v) is 20.4. The van der Waals surface area contributed by atoms with Gasteiger partial charge < -0.3 is 24.7 Å². The van der Waals surface area contributed by atoms with E-state index in [1.165, 1.54) is 11.6 Å². The van der Waals surface area contributed by atoms with Crippen molar-refractivity contribution >= 4 is 91.0 Å². The van der Waals surface area contributed by atoms with E-state index in [-0.39, 0.29) is 16.0 Å². The molecule has 2 aliphatic carbocycles. The standard InChI is InChI=1S/C43H41Cl4N5O5S3/c1-50(17-4-15-48-42(53)31-23-51(35-12-10-27(44)21-33(35)46)38-29(31)8-2-6-25-14-19-58-40(25)38)18-5-16-49-43(54)32-24-52(36-13-11-28(45)22-34(36)47)39-30(32)9-3-7-26-20-37(59-41(26)39)60(55,56)57/h10-14,19-24H,2-9,15-18H2,1H3,(H,48,53)(H,49,54)(H,55,56,57). The van der Waals surface area contributed by atoms with Crippen LogP contribution in [0.4, 0.5) is 0 Å². The first kappa shape index (κ1) is 43.0. The van der Waals surface area contributed by atoms with Crippen molar-refractivity contribution in [1.29, 1.82) is 0 Å². The zero-order valence-corrected chi connectivity index (χ0v) is 38.0. The van der Waals surface area contributed by atoms with Crippen molar-refractivity contribution in [3.05, 3.63) is 120 Å². The van der Waals surface area contributed by atoms with Crippen LogP contribution in [-0.4, -0.2) is 72.0 Å². The molecule has 0 radical (unpaired) electrons. The van der Waals surface area contributed by atoms with Gasteiger partial charge in [-0.25, -0.2) is 0 Å². The largest absolute Gasteiger partial charge is 0.352 e. The van der Waals surface area contributed by atoms with Crippen LogP contribution in [0.15, 0.2) is 70.5 Å². The van der Waals surface area contributed by atoms with Crippen LogP contribution in [0.5, 0.6) is 0 Å². The lowest BCUT2D eigenvalue weighted by molar-refractivity contribution is 0.0945. The fourth-order valence-corrected chi connectivity index (χ4v) is 12.2. The van der Waals surface area contributed by atoms with Gasteiger partial charge in [-0.3, -0.25) is 14.1 Å². The highest BCUT2D eigenvalue weighted by atomic mass is 35.5. The first-order chi connectivity index (χ1) is 28.8. The number of aromatic nitrogens is 2. The minimum Gasteiger partial charge on any atom is -0.352 e. The molecule has 0 spiro atoms. The summed E-state index contributed by atoms with van der Waals surface area (Å²) in [7, 11) is -2.40. The molecule has 0 aliphatic heterocycles. The number of nitrogens with zero attached hydrogens (tertiary/aromatic N) is 3. The molecule has 2 amide bonds. The number of carbonyl (C=O) groups is 2. The summed E-state index contributed by atoms with van der Waals surface area (Å²) in [6, 6.07) is 14.2. The number of fused-ring (bicyclic) bond motifs is 6. The average molecular weight is 946 g/mol. The van der Waals surface area contributed by atoms with Crippen molar-refractivity contribution in [2.24, 2.45) is 0 Å². The number of amides is 2. The molecule has 3 N–H and O–H groups in total. The van der Waals surface area contributed by atoms with Crippen LogP contribution in [0.25, 0.3) is 32.5 Å². The molecule has 2 aliphatic rings. The van der Waals surface area contributed by atoms with Gasteiger partial charge in [-0.1, -0.05) is 46.4 Å². The monoisotopic (exact) mass is 943 g/mol. The Morgan fingerprint density at radius 3 is 1.77 bits per heavy atom. The second kappa shape index (κ2) is 18.0. The SMILES string of the molecule is CN(CCCNC(=O)c1cn(-c2ccc(Cl)cc2Cl)c2c1CCCc1ccsc1-2)CCCNC(=O)c1cn(-c2ccc(Cl)cc2Cl)c2c1CCCc1cc(S(=O)(=O)O)sc1-2. The maximum Gasteiger partial charge on any atom is 0.304 e. The molecule has 17 heteroatoms. The molecule has 4 aromatic heterocycles. The van der Waals surface area contributed by atoms with Gasteiger partial charge in [0.15, 0.2) is 0 Å². The fourth-order valence-electron chi connectivity index (χ4n) is 8.18. The van der Waals surface area contributed by atoms with Crippen molar-refractivity contribution in [2.45, 2.75) is 55.6 Å². The molecule has 0 saturated carbocycles. The Bertz CT molecular complexity index is 2740. The number of rotatable bonds is 13. The Labute approximate surface area is 376 Å². The van der Waals surface area contributed by atoms with E-state index < -0.39 is 10.1 Å². The number of hydrogen-bond acceptors (Lipinski definition) is 7. The summed E-state index contributed by atoms with van der Waals surface area (Å²) in [6.45, 7) is 2.42. The van der Waals surface area contributed by atoms with Gasteiger partial charge in [0.2, 0.25) is 0 Å². The van der Waals surface area contributed by atoms with Gasteiger partial charge in [0, 0.05) is 35.5 Å². The molecule has 4 heterocycles. The van der Waals surface area contributed by atoms with Gasteiger partial charge in [-0.2, -0.15) is 8.42 Å². The predicted octanol–water partition coefficient (Wildman–Crippen LogP) is 10.4. The van der Waals surface area contributed by atoms with Crippen molar-refractivity contribution in [3.63, 3.8) is 0 Å². The highest BCUT2D eigenvalue weighted by Crippen LogP contribution is 2.45. The normalized spacial score (nSPS) is 13.6. The number of aryl methyl sites for hydroxylation is 2. The highest BCUT2D eigenvalue weighted by molar-refractivity contribution is 7.88. The molecule has 0 bridgehead atoms. The second-order valence-electron chi connectivity index (χ2n) is 15.1. The first-order valence-electron chi connectivity index (χ1n) is 19.6. The van der Waals surface area contributed by atoms with Gasteiger partial charge in [-0.15, -0.1) is 22.7 Å². The summed E-state index contributed by atoms with van der Waals surface area (Å²) in [5.41, 5.74) is 8.09.